The quantitative estimate of drug-likeness (QED) is 0.439. The molecule has 1 saturated heterocycles. The van der Waals surface area contributed by atoms with Crippen LogP contribution in [0.1, 0.15) is 11.1 Å². The molecule has 0 saturated carbocycles. The van der Waals surface area contributed by atoms with Crippen LogP contribution in [0.25, 0.3) is 28.3 Å². The van der Waals surface area contributed by atoms with Gasteiger partial charge in [-0.15, -0.1) is 10.2 Å². The Hall–Kier alpha value is -3.93. The lowest BCUT2D eigenvalue weighted by atomic mass is 10.1. The SMILES string of the molecule is CN(C)C[C@@H]1CN(c2ccc3c(c2)Cn2cc(-c4ccc(C#N)cc4)cc2-c2nncn2-3)C[C@H]1O. The standard InChI is InChI=1S/C27H27N7O/c1-31(2)12-22-15-32(16-26(22)35)23-7-8-24-21(9-23)14-33-13-20(19-5-3-18(11-28)4-6-19)10-25(33)27-30-29-17-34(24)27/h3-10,13,17,22,26,35H,12,14-16H2,1-2H3/t22-,26-/m1/s1. The van der Waals surface area contributed by atoms with Crippen LogP contribution in [0.2, 0.25) is 0 Å². The molecular formula is C27H27N7O. The third kappa shape index (κ3) is 3.79. The minimum atomic E-state index is -0.327. The highest BCUT2D eigenvalue weighted by molar-refractivity contribution is 5.72. The number of aliphatic hydroxyl groups excluding tert-OH is 1. The van der Waals surface area contributed by atoms with E-state index in [0.29, 0.717) is 18.7 Å². The van der Waals surface area contributed by atoms with Crippen molar-refractivity contribution in [2.45, 2.75) is 12.6 Å². The number of aliphatic hydroxyl groups is 1. The fourth-order valence-corrected chi connectivity index (χ4v) is 5.34. The van der Waals surface area contributed by atoms with Gasteiger partial charge < -0.3 is 19.5 Å². The average molecular weight is 466 g/mol. The monoisotopic (exact) mass is 465 g/mol. The summed E-state index contributed by atoms with van der Waals surface area (Å²) in [5.41, 5.74) is 7.16. The average Bonchev–Trinajstić information content (AvgIpc) is 3.56. The fraction of sp³-hybridized carbons (Fsp3) is 0.296. The Kier molecular flexibility index (Phi) is 5.17. The molecule has 4 aromatic rings. The van der Waals surface area contributed by atoms with Gasteiger partial charge in [-0.3, -0.25) is 4.57 Å². The van der Waals surface area contributed by atoms with Crippen LogP contribution in [0.4, 0.5) is 5.69 Å². The number of anilines is 1. The third-order valence-corrected chi connectivity index (χ3v) is 7.06. The Morgan fingerprint density at radius 1 is 1.09 bits per heavy atom. The Morgan fingerprint density at radius 2 is 1.91 bits per heavy atom. The molecule has 4 heterocycles. The van der Waals surface area contributed by atoms with E-state index in [0.717, 1.165) is 47.1 Å². The molecule has 2 aromatic heterocycles. The first-order valence-corrected chi connectivity index (χ1v) is 11.8. The Bertz CT molecular complexity index is 1430. The van der Waals surface area contributed by atoms with E-state index < -0.39 is 0 Å². The smallest absolute Gasteiger partial charge is 0.185 e. The molecule has 0 spiro atoms. The summed E-state index contributed by atoms with van der Waals surface area (Å²) >= 11 is 0. The van der Waals surface area contributed by atoms with Crippen LogP contribution in [0.15, 0.2) is 61.1 Å². The first kappa shape index (κ1) is 21.6. The predicted molar refractivity (Wildman–Crippen MR) is 134 cm³/mol. The highest BCUT2D eigenvalue weighted by Gasteiger charge is 2.32. The molecule has 1 fully saturated rings. The van der Waals surface area contributed by atoms with Crippen LogP contribution in [0, 0.1) is 17.2 Å². The minimum absolute atomic E-state index is 0.235. The van der Waals surface area contributed by atoms with Crippen molar-refractivity contribution in [2.24, 2.45) is 5.92 Å². The zero-order chi connectivity index (χ0) is 24.1. The first-order valence-electron chi connectivity index (χ1n) is 11.8. The zero-order valence-electron chi connectivity index (χ0n) is 19.8. The van der Waals surface area contributed by atoms with Gasteiger partial charge in [-0.2, -0.15) is 5.26 Å². The molecule has 0 bridgehead atoms. The molecule has 0 amide bonds. The molecule has 2 aliphatic heterocycles. The van der Waals surface area contributed by atoms with E-state index in [2.05, 4.69) is 75.2 Å². The molecule has 2 aromatic carbocycles. The van der Waals surface area contributed by atoms with Crippen LogP contribution < -0.4 is 4.90 Å². The van der Waals surface area contributed by atoms with Crippen molar-refractivity contribution >= 4 is 5.69 Å². The van der Waals surface area contributed by atoms with Crippen molar-refractivity contribution in [3.8, 4) is 34.4 Å². The topological polar surface area (TPSA) is 86.1 Å². The molecule has 0 radical (unpaired) electrons. The lowest BCUT2D eigenvalue weighted by Crippen LogP contribution is -2.29. The van der Waals surface area contributed by atoms with Gasteiger partial charge in [0.05, 0.1) is 29.1 Å². The second-order valence-corrected chi connectivity index (χ2v) is 9.76. The molecule has 1 N–H and O–H groups in total. The van der Waals surface area contributed by atoms with E-state index in [1.54, 1.807) is 6.33 Å². The number of hydrogen-bond acceptors (Lipinski definition) is 6. The van der Waals surface area contributed by atoms with E-state index >= 15 is 0 Å². The molecule has 6 rings (SSSR count). The van der Waals surface area contributed by atoms with E-state index in [1.165, 1.54) is 5.56 Å². The van der Waals surface area contributed by atoms with Gasteiger partial charge in [0, 0.05) is 49.5 Å². The molecule has 8 nitrogen and oxygen atoms in total. The van der Waals surface area contributed by atoms with Crippen molar-refractivity contribution in [3.63, 3.8) is 0 Å². The van der Waals surface area contributed by atoms with Crippen LogP contribution in [0.3, 0.4) is 0 Å². The Labute approximate surface area is 204 Å². The Balaban J connectivity index is 1.36. The highest BCUT2D eigenvalue weighted by atomic mass is 16.3. The summed E-state index contributed by atoms with van der Waals surface area (Å²) in [7, 11) is 4.10. The first-order chi connectivity index (χ1) is 17.0. The van der Waals surface area contributed by atoms with Gasteiger partial charge in [-0.1, -0.05) is 12.1 Å². The summed E-state index contributed by atoms with van der Waals surface area (Å²) in [6.45, 7) is 3.06. The van der Waals surface area contributed by atoms with Crippen LogP contribution in [0.5, 0.6) is 0 Å². The van der Waals surface area contributed by atoms with Gasteiger partial charge in [0.2, 0.25) is 0 Å². The predicted octanol–water partition coefficient (Wildman–Crippen LogP) is 2.99. The third-order valence-electron chi connectivity index (χ3n) is 7.06. The van der Waals surface area contributed by atoms with Crippen LogP contribution >= 0.6 is 0 Å². The minimum Gasteiger partial charge on any atom is -0.391 e. The summed E-state index contributed by atoms with van der Waals surface area (Å²) < 4.78 is 4.27. The summed E-state index contributed by atoms with van der Waals surface area (Å²) in [6.07, 6.45) is 3.58. The zero-order valence-corrected chi connectivity index (χ0v) is 19.8. The largest absolute Gasteiger partial charge is 0.391 e. The summed E-state index contributed by atoms with van der Waals surface area (Å²) in [6, 6.07) is 18.5. The van der Waals surface area contributed by atoms with Crippen molar-refractivity contribution in [3.05, 3.63) is 72.2 Å². The van der Waals surface area contributed by atoms with Crippen LogP contribution in [-0.4, -0.2) is 69.2 Å². The Morgan fingerprint density at radius 3 is 2.69 bits per heavy atom. The number of β-amino-alcohol motifs (C(OH)–C–C–N with tert-alkyl or cyclic N) is 1. The van der Waals surface area contributed by atoms with E-state index in [1.807, 2.05) is 28.8 Å². The molecule has 0 unspecified atom stereocenters. The highest BCUT2D eigenvalue weighted by Crippen LogP contribution is 2.35. The van der Waals surface area contributed by atoms with Crippen molar-refractivity contribution in [1.82, 2.24) is 24.2 Å². The molecule has 176 valence electrons. The van der Waals surface area contributed by atoms with Crippen molar-refractivity contribution in [1.29, 1.82) is 5.26 Å². The van der Waals surface area contributed by atoms with Crippen LogP contribution in [-0.2, 0) is 6.54 Å². The van der Waals surface area contributed by atoms with Gasteiger partial charge >= 0.3 is 0 Å². The number of nitrogens with zero attached hydrogens (tertiary/aromatic N) is 7. The summed E-state index contributed by atoms with van der Waals surface area (Å²) in [5, 5.41) is 28.4. The van der Waals surface area contributed by atoms with E-state index in [4.69, 9.17) is 5.26 Å². The molecule has 0 aliphatic carbocycles. The van der Waals surface area contributed by atoms with Gasteiger partial charge in [0.1, 0.15) is 6.33 Å². The number of aromatic nitrogens is 4. The normalized spacial score (nSPS) is 18.7. The number of rotatable bonds is 4. The number of benzene rings is 2. The maximum Gasteiger partial charge on any atom is 0.185 e. The maximum atomic E-state index is 10.6. The van der Waals surface area contributed by atoms with Crippen molar-refractivity contribution < 1.29 is 5.11 Å². The van der Waals surface area contributed by atoms with Gasteiger partial charge in [0.15, 0.2) is 5.82 Å². The molecule has 35 heavy (non-hydrogen) atoms. The number of nitriles is 1. The second-order valence-electron chi connectivity index (χ2n) is 9.76. The lowest BCUT2D eigenvalue weighted by Gasteiger charge is -2.21. The maximum absolute atomic E-state index is 10.6. The fourth-order valence-electron chi connectivity index (χ4n) is 5.34. The van der Waals surface area contributed by atoms with Gasteiger partial charge in [-0.25, -0.2) is 0 Å². The number of fused-ring (bicyclic) bond motifs is 5. The van der Waals surface area contributed by atoms with Gasteiger partial charge in [-0.05, 0) is 61.6 Å². The lowest BCUT2D eigenvalue weighted by molar-refractivity contribution is 0.130. The van der Waals surface area contributed by atoms with E-state index in [-0.39, 0.29) is 12.0 Å². The van der Waals surface area contributed by atoms with Crippen molar-refractivity contribution in [2.75, 3.05) is 38.6 Å². The summed E-state index contributed by atoms with van der Waals surface area (Å²) in [4.78, 5) is 4.43. The molecule has 2 aliphatic rings. The molecule has 2 atom stereocenters. The number of hydrogen-bond donors (Lipinski definition) is 1. The molecular weight excluding hydrogens is 438 g/mol. The summed E-state index contributed by atoms with van der Waals surface area (Å²) in [5.74, 6) is 1.04. The van der Waals surface area contributed by atoms with E-state index in [9.17, 15) is 5.11 Å². The molecule has 8 heteroatoms. The second kappa shape index (κ2) is 8.38. The van der Waals surface area contributed by atoms with Gasteiger partial charge in [0.25, 0.3) is 0 Å².